The number of hydrogen-bond acceptors (Lipinski definition) is 1. The third-order valence-electron chi connectivity index (χ3n) is 3.69. The highest BCUT2D eigenvalue weighted by Crippen LogP contribution is 2.23. The molecule has 0 aliphatic heterocycles. The lowest BCUT2D eigenvalue weighted by molar-refractivity contribution is 0.104. The average molecular weight is 256 g/mol. The zero-order chi connectivity index (χ0) is 13.7. The second kappa shape index (κ2) is 6.70. The molecule has 1 aromatic carbocycles. The van der Waals surface area contributed by atoms with E-state index in [1.54, 1.807) is 0 Å². The molecule has 0 radical (unpaired) electrons. The molecule has 19 heavy (non-hydrogen) atoms. The van der Waals surface area contributed by atoms with Gasteiger partial charge in [0.25, 0.3) is 0 Å². The molecule has 0 spiro atoms. The lowest BCUT2D eigenvalue weighted by Gasteiger charge is -2.13. The fourth-order valence-electron chi connectivity index (χ4n) is 2.74. The Kier molecular flexibility index (Phi) is 4.95. The van der Waals surface area contributed by atoms with Crippen LogP contribution < -0.4 is 0 Å². The van der Waals surface area contributed by atoms with Crippen LogP contribution in [0.2, 0.25) is 0 Å². The van der Waals surface area contributed by atoms with Gasteiger partial charge in [-0.25, -0.2) is 0 Å². The van der Waals surface area contributed by atoms with Gasteiger partial charge in [-0.1, -0.05) is 44.0 Å². The van der Waals surface area contributed by atoms with Crippen molar-refractivity contribution in [2.24, 2.45) is 5.92 Å². The Morgan fingerprint density at radius 3 is 2.63 bits per heavy atom. The summed E-state index contributed by atoms with van der Waals surface area (Å²) in [7, 11) is 0. The van der Waals surface area contributed by atoms with Crippen molar-refractivity contribution in [2.45, 2.75) is 52.4 Å². The van der Waals surface area contributed by atoms with E-state index in [9.17, 15) is 4.79 Å². The Morgan fingerprint density at radius 1 is 1.21 bits per heavy atom. The quantitative estimate of drug-likeness (QED) is 0.550. The first-order valence-corrected chi connectivity index (χ1v) is 7.48. The van der Waals surface area contributed by atoms with Gasteiger partial charge in [-0.15, -0.1) is 0 Å². The van der Waals surface area contributed by atoms with Crippen LogP contribution in [0.15, 0.2) is 35.9 Å². The van der Waals surface area contributed by atoms with Gasteiger partial charge in [0.1, 0.15) is 0 Å². The molecule has 1 aliphatic carbocycles. The predicted octanol–water partition coefficient (Wildman–Crippen LogP) is 4.96. The third-order valence-corrected chi connectivity index (χ3v) is 3.69. The maximum Gasteiger partial charge on any atom is 0.185 e. The van der Waals surface area contributed by atoms with Crippen molar-refractivity contribution in [1.29, 1.82) is 0 Å². The fraction of sp³-hybridized carbons (Fsp3) is 0.500. The average Bonchev–Trinajstić information content (AvgIpc) is 2.39. The molecule has 1 aliphatic rings. The largest absolute Gasteiger partial charge is 0.289 e. The zero-order valence-electron chi connectivity index (χ0n) is 12.1. The summed E-state index contributed by atoms with van der Waals surface area (Å²) < 4.78 is 0. The summed E-state index contributed by atoms with van der Waals surface area (Å²) in [5.74, 6) is 0.810. The lowest BCUT2D eigenvalue weighted by Crippen LogP contribution is -2.02. The minimum atomic E-state index is 0.183. The molecule has 1 heteroatoms. The van der Waals surface area contributed by atoms with Crippen molar-refractivity contribution in [2.75, 3.05) is 0 Å². The van der Waals surface area contributed by atoms with Crippen LogP contribution in [0, 0.1) is 5.92 Å². The van der Waals surface area contributed by atoms with E-state index in [1.807, 2.05) is 18.2 Å². The van der Waals surface area contributed by atoms with Crippen LogP contribution >= 0.6 is 0 Å². The minimum Gasteiger partial charge on any atom is -0.289 e. The molecule has 0 amide bonds. The van der Waals surface area contributed by atoms with Crippen molar-refractivity contribution >= 4 is 5.78 Å². The highest BCUT2D eigenvalue weighted by atomic mass is 16.1. The van der Waals surface area contributed by atoms with Gasteiger partial charge in [-0.2, -0.15) is 0 Å². The molecule has 1 fully saturated rings. The second-order valence-corrected chi connectivity index (χ2v) is 6.03. The van der Waals surface area contributed by atoms with E-state index in [0.717, 1.165) is 24.8 Å². The number of carbonyl (C=O) groups is 1. The Morgan fingerprint density at radius 2 is 1.95 bits per heavy atom. The molecule has 0 N–H and O–H groups in total. The molecule has 0 heterocycles. The zero-order valence-corrected chi connectivity index (χ0v) is 12.1. The number of allylic oxidation sites excluding steroid dienone is 2. The van der Waals surface area contributed by atoms with Crippen molar-refractivity contribution in [3.05, 3.63) is 47.0 Å². The molecular weight excluding hydrogens is 232 g/mol. The maximum absolute atomic E-state index is 12.3. The maximum atomic E-state index is 12.3. The monoisotopic (exact) mass is 256 g/mol. The Bertz CT molecular complexity index is 460. The molecular formula is C18H24O. The Balaban J connectivity index is 2.10. The number of benzene rings is 1. The second-order valence-electron chi connectivity index (χ2n) is 6.03. The van der Waals surface area contributed by atoms with Gasteiger partial charge in [-0.05, 0) is 55.7 Å². The van der Waals surface area contributed by atoms with Crippen molar-refractivity contribution in [1.82, 2.24) is 0 Å². The predicted molar refractivity (Wildman–Crippen MR) is 80.5 cm³/mol. The summed E-state index contributed by atoms with van der Waals surface area (Å²) in [6, 6.07) is 8.11. The SMILES string of the molecule is CC(C)Cc1cccc(C(=O)C=C2CCCCC2)c1. The standard InChI is InChI=1S/C18H24O/c1-14(2)11-16-9-6-10-17(12-16)18(19)13-15-7-4-3-5-8-15/h6,9-10,12-14H,3-5,7-8,11H2,1-2H3. The van der Waals surface area contributed by atoms with Crippen LogP contribution in [0.4, 0.5) is 0 Å². The van der Waals surface area contributed by atoms with Crippen molar-refractivity contribution in [3.8, 4) is 0 Å². The van der Waals surface area contributed by atoms with Crippen molar-refractivity contribution in [3.63, 3.8) is 0 Å². The van der Waals surface area contributed by atoms with Gasteiger partial charge in [-0.3, -0.25) is 4.79 Å². The van der Waals surface area contributed by atoms with Crippen LogP contribution in [-0.2, 0) is 6.42 Å². The molecule has 1 saturated carbocycles. The Hall–Kier alpha value is -1.37. The number of rotatable bonds is 4. The molecule has 0 aromatic heterocycles. The van der Waals surface area contributed by atoms with Crippen LogP contribution in [0.25, 0.3) is 0 Å². The van der Waals surface area contributed by atoms with Gasteiger partial charge in [0.15, 0.2) is 5.78 Å². The first-order chi connectivity index (χ1) is 9.15. The van der Waals surface area contributed by atoms with E-state index in [-0.39, 0.29) is 5.78 Å². The van der Waals surface area contributed by atoms with E-state index in [4.69, 9.17) is 0 Å². The molecule has 102 valence electrons. The molecule has 1 aromatic rings. The van der Waals surface area contributed by atoms with Gasteiger partial charge in [0.2, 0.25) is 0 Å². The summed E-state index contributed by atoms with van der Waals surface area (Å²) in [5.41, 5.74) is 3.45. The molecule has 2 rings (SSSR count). The topological polar surface area (TPSA) is 17.1 Å². The highest BCUT2D eigenvalue weighted by molar-refractivity contribution is 6.05. The lowest BCUT2D eigenvalue weighted by atomic mass is 9.92. The summed E-state index contributed by atoms with van der Waals surface area (Å²) in [4.78, 5) is 12.3. The number of ketones is 1. The number of hydrogen-bond donors (Lipinski definition) is 0. The normalized spacial score (nSPS) is 15.6. The number of carbonyl (C=O) groups excluding carboxylic acids is 1. The molecule has 0 unspecified atom stereocenters. The summed E-state index contributed by atoms with van der Waals surface area (Å²) >= 11 is 0. The molecule has 0 atom stereocenters. The smallest absolute Gasteiger partial charge is 0.185 e. The summed E-state index contributed by atoms with van der Waals surface area (Å²) in [5, 5.41) is 0. The van der Waals surface area contributed by atoms with Crippen LogP contribution in [0.1, 0.15) is 61.9 Å². The Labute approximate surface area is 116 Å². The molecule has 0 bridgehead atoms. The van der Waals surface area contributed by atoms with Crippen LogP contribution in [0.3, 0.4) is 0 Å². The van der Waals surface area contributed by atoms with Crippen LogP contribution in [0.5, 0.6) is 0 Å². The van der Waals surface area contributed by atoms with Gasteiger partial charge < -0.3 is 0 Å². The van der Waals surface area contributed by atoms with E-state index >= 15 is 0 Å². The minimum absolute atomic E-state index is 0.183. The van der Waals surface area contributed by atoms with E-state index in [1.165, 1.54) is 30.4 Å². The van der Waals surface area contributed by atoms with Crippen LogP contribution in [-0.4, -0.2) is 5.78 Å². The molecule has 1 nitrogen and oxygen atoms in total. The summed E-state index contributed by atoms with van der Waals surface area (Å²) in [6.45, 7) is 4.41. The first-order valence-electron chi connectivity index (χ1n) is 7.48. The van der Waals surface area contributed by atoms with E-state index in [2.05, 4.69) is 26.0 Å². The van der Waals surface area contributed by atoms with E-state index in [0.29, 0.717) is 5.92 Å². The van der Waals surface area contributed by atoms with Gasteiger partial charge >= 0.3 is 0 Å². The highest BCUT2D eigenvalue weighted by Gasteiger charge is 2.09. The van der Waals surface area contributed by atoms with E-state index < -0.39 is 0 Å². The van der Waals surface area contributed by atoms with Gasteiger partial charge in [0.05, 0.1) is 0 Å². The van der Waals surface area contributed by atoms with Crippen molar-refractivity contribution < 1.29 is 4.79 Å². The summed E-state index contributed by atoms with van der Waals surface area (Å²) in [6.07, 6.45) is 8.94. The fourth-order valence-corrected chi connectivity index (χ4v) is 2.74. The van der Waals surface area contributed by atoms with Gasteiger partial charge in [0, 0.05) is 5.56 Å². The molecule has 0 saturated heterocycles. The third kappa shape index (κ3) is 4.34. The first kappa shape index (κ1) is 14.0.